The molecule has 0 aliphatic heterocycles. The highest BCUT2D eigenvalue weighted by Gasteiger charge is 2.29. The Morgan fingerprint density at radius 3 is 2.00 bits per heavy atom. The summed E-state index contributed by atoms with van der Waals surface area (Å²) >= 11 is 0. The molecule has 0 heterocycles. The van der Waals surface area contributed by atoms with Crippen molar-refractivity contribution < 1.29 is 0 Å². The molecule has 1 unspecified atom stereocenters. The highest BCUT2D eigenvalue weighted by molar-refractivity contribution is 4.91. The highest BCUT2D eigenvalue weighted by Crippen LogP contribution is 2.31. The number of rotatable bonds is 3. The third-order valence-corrected chi connectivity index (χ3v) is 3.73. The van der Waals surface area contributed by atoms with Crippen LogP contribution in [0, 0.1) is 23.2 Å². The number of nitrogens with one attached hydrogen (secondary N) is 1. The molecule has 2 aliphatic carbocycles. The molecule has 0 saturated heterocycles. The highest BCUT2D eigenvalue weighted by atomic mass is 15.0. The van der Waals surface area contributed by atoms with Gasteiger partial charge in [-0.3, -0.25) is 0 Å². The minimum Gasteiger partial charge on any atom is -0.311 e. The minimum atomic E-state index is 0.261. The summed E-state index contributed by atoms with van der Waals surface area (Å²) in [5.41, 5.74) is 0. The first kappa shape index (κ1) is 9.98. The van der Waals surface area contributed by atoms with Crippen molar-refractivity contribution in [2.45, 2.75) is 57.5 Å². The quantitative estimate of drug-likeness (QED) is 0.745. The lowest BCUT2D eigenvalue weighted by Crippen LogP contribution is -2.35. The predicted molar refractivity (Wildman–Crippen MR) is 56.7 cm³/mol. The van der Waals surface area contributed by atoms with Gasteiger partial charge in [0.05, 0.1) is 6.07 Å². The molecule has 2 nitrogen and oxygen atoms in total. The van der Waals surface area contributed by atoms with Gasteiger partial charge in [-0.2, -0.15) is 5.26 Å². The molecule has 2 aliphatic rings. The Balaban J connectivity index is 1.71. The molecule has 2 saturated carbocycles. The van der Waals surface area contributed by atoms with E-state index >= 15 is 0 Å². The fourth-order valence-corrected chi connectivity index (χ4v) is 2.47. The van der Waals surface area contributed by atoms with E-state index in [0.717, 1.165) is 12.1 Å². The molecule has 2 rings (SSSR count). The molecule has 1 atom stereocenters. The number of nitriles is 1. The third kappa shape index (κ3) is 2.48. The van der Waals surface area contributed by atoms with Crippen LogP contribution in [0.4, 0.5) is 0 Å². The summed E-state index contributed by atoms with van der Waals surface area (Å²) in [7, 11) is 0. The average Bonchev–Trinajstić information content (AvgIpc) is 3.02. The van der Waals surface area contributed by atoms with E-state index in [9.17, 15) is 0 Å². The van der Waals surface area contributed by atoms with Crippen LogP contribution in [0.3, 0.4) is 0 Å². The fourth-order valence-electron chi connectivity index (χ4n) is 2.47. The van der Waals surface area contributed by atoms with E-state index in [2.05, 4.69) is 18.3 Å². The van der Waals surface area contributed by atoms with Crippen LogP contribution in [-0.2, 0) is 0 Å². The van der Waals surface area contributed by atoms with Crippen LogP contribution in [-0.4, -0.2) is 12.1 Å². The molecule has 1 N–H and O–H groups in total. The second-order valence-electron chi connectivity index (χ2n) is 4.97. The van der Waals surface area contributed by atoms with Crippen LogP contribution < -0.4 is 5.32 Å². The second kappa shape index (κ2) is 4.31. The summed E-state index contributed by atoms with van der Waals surface area (Å²) in [6.07, 6.45) is 7.83. The molecule has 2 heteroatoms. The lowest BCUT2D eigenvalue weighted by atomic mass is 9.79. The van der Waals surface area contributed by atoms with Gasteiger partial charge in [0.2, 0.25) is 0 Å². The van der Waals surface area contributed by atoms with Crippen molar-refractivity contribution in [2.24, 2.45) is 11.8 Å². The van der Waals surface area contributed by atoms with Gasteiger partial charge in [0.1, 0.15) is 0 Å². The molecule has 14 heavy (non-hydrogen) atoms. The van der Waals surface area contributed by atoms with E-state index in [1.807, 2.05) is 0 Å². The van der Waals surface area contributed by atoms with Crippen LogP contribution in [0.2, 0.25) is 0 Å². The zero-order valence-electron chi connectivity index (χ0n) is 9.00. The van der Waals surface area contributed by atoms with Crippen LogP contribution >= 0.6 is 0 Å². The van der Waals surface area contributed by atoms with Crippen molar-refractivity contribution in [1.29, 1.82) is 5.26 Å². The summed E-state index contributed by atoms with van der Waals surface area (Å²) in [5, 5.41) is 12.5. The molecule has 0 aromatic carbocycles. The Hall–Kier alpha value is -0.550. The summed E-state index contributed by atoms with van der Waals surface area (Å²) in [4.78, 5) is 0. The molecular formula is C12H20N2. The lowest BCUT2D eigenvalue weighted by molar-refractivity contribution is 0.255. The SMILES string of the molecule is CC(C#N)C1CCC(NC2CC2)CC1. The van der Waals surface area contributed by atoms with Gasteiger partial charge < -0.3 is 5.32 Å². The summed E-state index contributed by atoms with van der Waals surface area (Å²) in [6.45, 7) is 2.07. The molecule has 0 amide bonds. The Labute approximate surface area is 86.7 Å². The summed E-state index contributed by atoms with van der Waals surface area (Å²) in [5.74, 6) is 0.925. The lowest BCUT2D eigenvalue weighted by Gasteiger charge is -2.30. The van der Waals surface area contributed by atoms with Crippen molar-refractivity contribution >= 4 is 0 Å². The summed E-state index contributed by atoms with van der Waals surface area (Å²) < 4.78 is 0. The molecule has 0 bridgehead atoms. The predicted octanol–water partition coefficient (Wildman–Crippen LogP) is 2.46. The Morgan fingerprint density at radius 2 is 1.57 bits per heavy atom. The first-order valence-corrected chi connectivity index (χ1v) is 5.95. The minimum absolute atomic E-state index is 0.261. The summed E-state index contributed by atoms with van der Waals surface area (Å²) in [6, 6.07) is 3.97. The van der Waals surface area contributed by atoms with Crippen LogP contribution in [0.1, 0.15) is 45.4 Å². The maximum atomic E-state index is 8.84. The van der Waals surface area contributed by atoms with Gasteiger partial charge in [-0.05, 0) is 51.4 Å². The van der Waals surface area contributed by atoms with E-state index in [1.165, 1.54) is 38.5 Å². The standard InChI is InChI=1S/C12H20N2/c1-9(8-13)10-2-4-11(5-3-10)14-12-6-7-12/h9-12,14H,2-7H2,1H3. The first-order valence-electron chi connectivity index (χ1n) is 5.95. The number of hydrogen-bond acceptors (Lipinski definition) is 2. The van der Waals surface area contributed by atoms with Crippen LogP contribution in [0.25, 0.3) is 0 Å². The largest absolute Gasteiger partial charge is 0.311 e. The van der Waals surface area contributed by atoms with E-state index in [-0.39, 0.29) is 5.92 Å². The van der Waals surface area contributed by atoms with Crippen molar-refractivity contribution in [3.8, 4) is 6.07 Å². The maximum Gasteiger partial charge on any atom is 0.0655 e. The zero-order chi connectivity index (χ0) is 9.97. The van der Waals surface area contributed by atoms with Gasteiger partial charge in [0, 0.05) is 18.0 Å². The van der Waals surface area contributed by atoms with Crippen molar-refractivity contribution in [3.05, 3.63) is 0 Å². The van der Waals surface area contributed by atoms with Gasteiger partial charge in [-0.25, -0.2) is 0 Å². The van der Waals surface area contributed by atoms with E-state index in [1.54, 1.807) is 0 Å². The molecule has 0 spiro atoms. The topological polar surface area (TPSA) is 35.8 Å². The van der Waals surface area contributed by atoms with E-state index < -0.39 is 0 Å². The maximum absolute atomic E-state index is 8.84. The normalized spacial score (nSPS) is 34.9. The van der Waals surface area contributed by atoms with Gasteiger partial charge >= 0.3 is 0 Å². The monoisotopic (exact) mass is 192 g/mol. The molecule has 78 valence electrons. The van der Waals surface area contributed by atoms with Gasteiger partial charge in [-0.15, -0.1) is 0 Å². The molecule has 2 fully saturated rings. The van der Waals surface area contributed by atoms with Crippen molar-refractivity contribution in [2.75, 3.05) is 0 Å². The molecule has 0 radical (unpaired) electrons. The Bertz CT molecular complexity index is 219. The van der Waals surface area contributed by atoms with Gasteiger partial charge in [-0.1, -0.05) is 0 Å². The van der Waals surface area contributed by atoms with Crippen LogP contribution in [0.5, 0.6) is 0 Å². The first-order chi connectivity index (χ1) is 6.79. The zero-order valence-corrected chi connectivity index (χ0v) is 9.00. The van der Waals surface area contributed by atoms with Gasteiger partial charge in [0.25, 0.3) is 0 Å². The Morgan fingerprint density at radius 1 is 1.07 bits per heavy atom. The van der Waals surface area contributed by atoms with Crippen molar-refractivity contribution in [3.63, 3.8) is 0 Å². The van der Waals surface area contributed by atoms with Crippen LogP contribution in [0.15, 0.2) is 0 Å². The van der Waals surface area contributed by atoms with Crippen molar-refractivity contribution in [1.82, 2.24) is 5.32 Å². The average molecular weight is 192 g/mol. The molecule has 0 aromatic rings. The number of nitrogens with zero attached hydrogens (tertiary/aromatic N) is 1. The molecule has 0 aromatic heterocycles. The molecular weight excluding hydrogens is 172 g/mol. The van der Waals surface area contributed by atoms with Gasteiger partial charge in [0.15, 0.2) is 0 Å². The Kier molecular flexibility index (Phi) is 3.08. The third-order valence-electron chi connectivity index (χ3n) is 3.73. The van der Waals surface area contributed by atoms with E-state index in [4.69, 9.17) is 5.26 Å². The van der Waals surface area contributed by atoms with E-state index in [0.29, 0.717) is 5.92 Å². The second-order valence-corrected chi connectivity index (χ2v) is 4.97. The number of hydrogen-bond donors (Lipinski definition) is 1. The fraction of sp³-hybridized carbons (Fsp3) is 0.917. The smallest absolute Gasteiger partial charge is 0.0655 e.